The summed E-state index contributed by atoms with van der Waals surface area (Å²) in [4.78, 5) is 0. The van der Waals surface area contributed by atoms with Crippen molar-refractivity contribution >= 4 is 53.5 Å². The lowest BCUT2D eigenvalue weighted by Crippen LogP contribution is -2.05. The van der Waals surface area contributed by atoms with Crippen LogP contribution in [0.2, 0.25) is 0 Å². The molecule has 1 N–H and O–H groups in total. The average molecular weight is 478 g/mol. The second kappa shape index (κ2) is 7.65. The molecule has 0 aliphatic rings. The van der Waals surface area contributed by atoms with Gasteiger partial charge < -0.3 is 10.1 Å². The summed E-state index contributed by atoms with van der Waals surface area (Å²) in [5, 5.41) is 3.47. The lowest BCUT2D eigenvalue weighted by Gasteiger charge is -2.15. The van der Waals surface area contributed by atoms with E-state index in [0.717, 1.165) is 30.4 Å². The first-order valence-corrected chi connectivity index (χ1v) is 9.00. The van der Waals surface area contributed by atoms with Crippen LogP contribution in [0.25, 0.3) is 0 Å². The van der Waals surface area contributed by atoms with E-state index < -0.39 is 0 Å². The summed E-state index contributed by atoms with van der Waals surface area (Å²) in [6.07, 6.45) is 0. The van der Waals surface area contributed by atoms with Gasteiger partial charge in [-0.2, -0.15) is 0 Å². The molecule has 0 radical (unpaired) electrons. The van der Waals surface area contributed by atoms with E-state index in [0.29, 0.717) is 13.2 Å². The fraction of sp³-hybridized carbons (Fsp3) is 0.250. The number of nitrogens with one attached hydrogen (secondary N) is 1. The highest BCUT2D eigenvalue weighted by atomic mass is 79.9. The molecular formula is C16H16Br3NO. The van der Waals surface area contributed by atoms with Gasteiger partial charge in [-0.1, -0.05) is 31.9 Å². The fourth-order valence-electron chi connectivity index (χ4n) is 2.07. The molecule has 0 unspecified atom stereocenters. The highest BCUT2D eigenvalue weighted by Gasteiger charge is 2.10. The van der Waals surface area contributed by atoms with Crippen LogP contribution < -0.4 is 10.1 Å². The maximum Gasteiger partial charge on any atom is 0.138 e. The molecule has 2 aromatic rings. The largest absolute Gasteiger partial charge is 0.492 e. The minimum Gasteiger partial charge on any atom is -0.492 e. The van der Waals surface area contributed by atoms with Gasteiger partial charge in [0, 0.05) is 26.7 Å². The zero-order chi connectivity index (χ0) is 15.4. The number of aryl methyl sites for hydroxylation is 1. The second-order valence-electron chi connectivity index (χ2n) is 4.62. The van der Waals surface area contributed by atoms with Gasteiger partial charge in [-0.05, 0) is 65.7 Å². The van der Waals surface area contributed by atoms with Crippen molar-refractivity contribution in [2.24, 2.45) is 0 Å². The Morgan fingerprint density at radius 2 is 1.81 bits per heavy atom. The normalized spacial score (nSPS) is 10.5. The molecule has 0 fully saturated rings. The molecule has 2 aromatic carbocycles. The Morgan fingerprint density at radius 1 is 1.05 bits per heavy atom. The Bertz CT molecular complexity index is 644. The molecule has 0 aromatic heterocycles. The molecular weight excluding hydrogens is 462 g/mol. The third kappa shape index (κ3) is 4.47. The van der Waals surface area contributed by atoms with Crippen LogP contribution in [0.15, 0.2) is 43.7 Å². The van der Waals surface area contributed by atoms with E-state index in [1.54, 1.807) is 0 Å². The van der Waals surface area contributed by atoms with E-state index in [4.69, 9.17) is 4.74 Å². The number of rotatable bonds is 5. The molecule has 2 rings (SSSR count). The van der Waals surface area contributed by atoms with Crippen molar-refractivity contribution in [3.8, 4) is 5.75 Å². The summed E-state index contributed by atoms with van der Waals surface area (Å²) < 4.78 is 8.82. The van der Waals surface area contributed by atoms with E-state index in [1.807, 2.05) is 19.1 Å². The molecule has 0 saturated carbocycles. The predicted octanol–water partition coefficient (Wildman–Crippen LogP) is 6.29. The first-order valence-electron chi connectivity index (χ1n) is 6.62. The maximum atomic E-state index is 5.75. The summed E-state index contributed by atoms with van der Waals surface area (Å²) in [5.74, 6) is 0.892. The summed E-state index contributed by atoms with van der Waals surface area (Å²) >= 11 is 10.6. The molecule has 0 heterocycles. The summed E-state index contributed by atoms with van der Waals surface area (Å²) in [6, 6.07) is 10.3. The smallest absolute Gasteiger partial charge is 0.138 e. The Morgan fingerprint density at radius 3 is 2.48 bits per heavy atom. The third-order valence-electron chi connectivity index (χ3n) is 3.03. The van der Waals surface area contributed by atoms with Crippen LogP contribution >= 0.6 is 47.8 Å². The Hall–Kier alpha value is -0.520. The van der Waals surface area contributed by atoms with Crippen molar-refractivity contribution in [1.82, 2.24) is 0 Å². The first-order chi connectivity index (χ1) is 10.0. The molecule has 21 heavy (non-hydrogen) atoms. The summed E-state index contributed by atoms with van der Waals surface area (Å²) in [6.45, 7) is 5.43. The molecule has 0 spiro atoms. The van der Waals surface area contributed by atoms with Crippen molar-refractivity contribution in [3.63, 3.8) is 0 Å². The topological polar surface area (TPSA) is 21.3 Å². The van der Waals surface area contributed by atoms with Gasteiger partial charge in [0.1, 0.15) is 5.75 Å². The van der Waals surface area contributed by atoms with Crippen LogP contribution in [0.3, 0.4) is 0 Å². The van der Waals surface area contributed by atoms with Crippen LogP contribution in [-0.2, 0) is 6.54 Å². The van der Waals surface area contributed by atoms with Crippen LogP contribution in [-0.4, -0.2) is 6.61 Å². The highest BCUT2D eigenvalue weighted by molar-refractivity contribution is 9.11. The predicted molar refractivity (Wildman–Crippen MR) is 99.2 cm³/mol. The number of hydrogen-bond donors (Lipinski definition) is 1. The molecule has 0 aliphatic carbocycles. The lowest BCUT2D eigenvalue weighted by atomic mass is 10.1. The molecule has 0 amide bonds. The Balaban J connectivity index is 2.22. The van der Waals surface area contributed by atoms with Crippen molar-refractivity contribution in [1.29, 1.82) is 0 Å². The molecule has 112 valence electrons. The average Bonchev–Trinajstić information content (AvgIpc) is 2.41. The van der Waals surface area contributed by atoms with E-state index in [1.165, 1.54) is 5.56 Å². The van der Waals surface area contributed by atoms with Gasteiger partial charge in [-0.25, -0.2) is 0 Å². The number of halogens is 3. The van der Waals surface area contributed by atoms with Crippen LogP contribution in [0.5, 0.6) is 5.75 Å². The lowest BCUT2D eigenvalue weighted by molar-refractivity contribution is 0.334. The second-order valence-corrected chi connectivity index (χ2v) is 7.31. The number of ether oxygens (including phenoxy) is 1. The van der Waals surface area contributed by atoms with Gasteiger partial charge in [-0.3, -0.25) is 0 Å². The highest BCUT2D eigenvalue weighted by Crippen LogP contribution is 2.33. The maximum absolute atomic E-state index is 5.75. The van der Waals surface area contributed by atoms with Gasteiger partial charge in [0.15, 0.2) is 0 Å². The van der Waals surface area contributed by atoms with Crippen LogP contribution in [0.4, 0.5) is 5.69 Å². The minimum absolute atomic E-state index is 0.643. The first kappa shape index (κ1) is 16.8. The third-order valence-corrected chi connectivity index (χ3v) is 4.57. The molecule has 0 aliphatic heterocycles. The van der Waals surface area contributed by atoms with E-state index in [9.17, 15) is 0 Å². The van der Waals surface area contributed by atoms with Crippen LogP contribution in [0, 0.1) is 6.92 Å². The monoisotopic (exact) mass is 475 g/mol. The van der Waals surface area contributed by atoms with E-state index in [2.05, 4.69) is 78.2 Å². The van der Waals surface area contributed by atoms with E-state index in [-0.39, 0.29) is 0 Å². The zero-order valence-corrected chi connectivity index (χ0v) is 16.6. The molecule has 2 nitrogen and oxygen atoms in total. The molecule has 0 saturated heterocycles. The summed E-state index contributed by atoms with van der Waals surface area (Å²) in [7, 11) is 0. The SMILES string of the molecule is CCOc1c(Br)cc(Br)cc1CNc1ccc(Br)cc1C. The van der Waals surface area contributed by atoms with Gasteiger partial charge in [0.05, 0.1) is 11.1 Å². The Labute approximate surface area is 150 Å². The van der Waals surface area contributed by atoms with Crippen molar-refractivity contribution < 1.29 is 4.74 Å². The number of benzene rings is 2. The Kier molecular flexibility index (Phi) is 6.14. The van der Waals surface area contributed by atoms with Crippen LogP contribution in [0.1, 0.15) is 18.1 Å². The fourth-order valence-corrected chi connectivity index (χ4v) is 3.97. The van der Waals surface area contributed by atoms with Crippen molar-refractivity contribution in [2.45, 2.75) is 20.4 Å². The number of anilines is 1. The van der Waals surface area contributed by atoms with Gasteiger partial charge in [0.2, 0.25) is 0 Å². The standard InChI is InChI=1S/C16H16Br3NO/c1-3-21-16-11(7-13(18)8-14(16)19)9-20-15-5-4-12(17)6-10(15)2/h4-8,20H,3,9H2,1-2H3. The minimum atomic E-state index is 0.643. The summed E-state index contributed by atoms with van der Waals surface area (Å²) in [5.41, 5.74) is 3.44. The van der Waals surface area contributed by atoms with Gasteiger partial charge >= 0.3 is 0 Å². The molecule has 0 bridgehead atoms. The van der Waals surface area contributed by atoms with Gasteiger partial charge in [-0.15, -0.1) is 0 Å². The molecule has 5 heteroatoms. The number of hydrogen-bond acceptors (Lipinski definition) is 2. The quantitative estimate of drug-likeness (QED) is 0.546. The van der Waals surface area contributed by atoms with Crippen molar-refractivity contribution in [3.05, 3.63) is 54.9 Å². The van der Waals surface area contributed by atoms with E-state index >= 15 is 0 Å². The van der Waals surface area contributed by atoms with Gasteiger partial charge in [0.25, 0.3) is 0 Å². The molecule has 0 atom stereocenters. The van der Waals surface area contributed by atoms with Crippen molar-refractivity contribution in [2.75, 3.05) is 11.9 Å². The zero-order valence-electron chi connectivity index (χ0n) is 11.8.